The van der Waals surface area contributed by atoms with Crippen LogP contribution >= 0.6 is 11.3 Å². The Balaban J connectivity index is 2.22. The molecule has 1 aromatic heterocycles. The van der Waals surface area contributed by atoms with Gasteiger partial charge >= 0.3 is 0 Å². The van der Waals surface area contributed by atoms with Crippen LogP contribution in [-0.2, 0) is 6.42 Å². The Morgan fingerprint density at radius 1 is 1.40 bits per heavy atom. The summed E-state index contributed by atoms with van der Waals surface area (Å²) in [6.45, 7) is 2.09. The molecule has 0 saturated carbocycles. The molecule has 76 valence electrons. The summed E-state index contributed by atoms with van der Waals surface area (Å²) < 4.78 is 0. The van der Waals surface area contributed by atoms with Crippen molar-refractivity contribution >= 4 is 17.6 Å². The van der Waals surface area contributed by atoms with E-state index in [0.717, 1.165) is 17.7 Å². The first-order valence-corrected chi connectivity index (χ1v) is 5.61. The molecule has 0 spiro atoms. The van der Waals surface area contributed by atoms with Gasteiger partial charge in [-0.2, -0.15) is 0 Å². The molecule has 0 bridgehead atoms. The Hall–Kier alpha value is -1.48. The summed E-state index contributed by atoms with van der Waals surface area (Å²) in [5.41, 5.74) is 3.06. The highest BCUT2D eigenvalue weighted by Gasteiger charge is 2.03. The van der Waals surface area contributed by atoms with Gasteiger partial charge in [0.05, 0.1) is 5.01 Å². The summed E-state index contributed by atoms with van der Waals surface area (Å²) >= 11 is 1.54. The maximum absolute atomic E-state index is 10.5. The third-order valence-electron chi connectivity index (χ3n) is 2.29. The Morgan fingerprint density at radius 3 is 2.87 bits per heavy atom. The number of aryl methyl sites for hydroxylation is 1. The predicted molar refractivity (Wildman–Crippen MR) is 61.5 cm³/mol. The van der Waals surface area contributed by atoms with E-state index in [0.29, 0.717) is 5.69 Å². The lowest BCUT2D eigenvalue weighted by molar-refractivity contribution is 0.111. The van der Waals surface area contributed by atoms with Crippen molar-refractivity contribution in [2.75, 3.05) is 0 Å². The van der Waals surface area contributed by atoms with E-state index in [1.807, 2.05) is 12.1 Å². The molecule has 0 aliphatic carbocycles. The molecule has 2 rings (SSSR count). The van der Waals surface area contributed by atoms with Crippen molar-refractivity contribution in [3.05, 3.63) is 51.5 Å². The van der Waals surface area contributed by atoms with Crippen LogP contribution in [0.4, 0.5) is 0 Å². The molecule has 2 aromatic rings. The molecule has 0 atom stereocenters. The topological polar surface area (TPSA) is 30.0 Å². The first kappa shape index (κ1) is 10.1. The highest BCUT2D eigenvalue weighted by atomic mass is 32.1. The number of aromatic nitrogens is 1. The second-order valence-corrected chi connectivity index (χ2v) is 4.33. The fourth-order valence-corrected chi connectivity index (χ4v) is 2.19. The smallest absolute Gasteiger partial charge is 0.169 e. The second-order valence-electron chi connectivity index (χ2n) is 3.39. The number of carbonyl (C=O) groups excluding carboxylic acids is 1. The van der Waals surface area contributed by atoms with E-state index in [9.17, 15) is 4.79 Å². The normalized spacial score (nSPS) is 10.2. The molecule has 0 N–H and O–H groups in total. The van der Waals surface area contributed by atoms with E-state index >= 15 is 0 Å². The Morgan fingerprint density at radius 2 is 2.20 bits per heavy atom. The number of hydrogen-bond acceptors (Lipinski definition) is 3. The largest absolute Gasteiger partial charge is 0.296 e. The fourth-order valence-electron chi connectivity index (χ4n) is 1.43. The number of rotatable bonds is 3. The van der Waals surface area contributed by atoms with Crippen molar-refractivity contribution in [2.45, 2.75) is 13.3 Å². The van der Waals surface area contributed by atoms with E-state index in [4.69, 9.17) is 0 Å². The third-order valence-corrected chi connectivity index (χ3v) is 3.16. The lowest BCUT2D eigenvalue weighted by Gasteiger charge is -2.01. The first-order chi connectivity index (χ1) is 7.29. The Kier molecular flexibility index (Phi) is 2.92. The SMILES string of the molecule is Cc1ccccc1Cc1nc(C=O)cs1. The zero-order valence-electron chi connectivity index (χ0n) is 8.43. The number of carbonyl (C=O) groups is 1. The van der Waals surface area contributed by atoms with Crippen molar-refractivity contribution in [1.29, 1.82) is 0 Å². The molecule has 2 nitrogen and oxygen atoms in total. The van der Waals surface area contributed by atoms with Gasteiger partial charge in [0.1, 0.15) is 5.69 Å². The summed E-state index contributed by atoms with van der Waals surface area (Å²) in [4.78, 5) is 14.7. The minimum absolute atomic E-state index is 0.531. The molecule has 0 saturated heterocycles. The fraction of sp³-hybridized carbons (Fsp3) is 0.167. The average Bonchev–Trinajstić information content (AvgIpc) is 2.69. The van der Waals surface area contributed by atoms with Crippen LogP contribution < -0.4 is 0 Å². The number of aldehydes is 1. The molecular formula is C12H11NOS. The highest BCUT2D eigenvalue weighted by molar-refractivity contribution is 7.09. The zero-order chi connectivity index (χ0) is 10.7. The van der Waals surface area contributed by atoms with Gasteiger partial charge in [-0.1, -0.05) is 24.3 Å². The Bertz CT molecular complexity index is 476. The lowest BCUT2D eigenvalue weighted by Crippen LogP contribution is -1.91. The molecular weight excluding hydrogens is 206 g/mol. The van der Waals surface area contributed by atoms with Gasteiger partial charge in [-0.25, -0.2) is 4.98 Å². The number of nitrogens with zero attached hydrogens (tertiary/aromatic N) is 1. The number of hydrogen-bond donors (Lipinski definition) is 0. The van der Waals surface area contributed by atoms with Crippen molar-refractivity contribution in [2.24, 2.45) is 0 Å². The number of thiazole rings is 1. The van der Waals surface area contributed by atoms with Crippen LogP contribution in [0.25, 0.3) is 0 Å². The van der Waals surface area contributed by atoms with E-state index in [-0.39, 0.29) is 0 Å². The maximum Gasteiger partial charge on any atom is 0.169 e. The van der Waals surface area contributed by atoms with E-state index in [1.165, 1.54) is 22.5 Å². The molecule has 1 aromatic carbocycles. The van der Waals surface area contributed by atoms with Crippen molar-refractivity contribution < 1.29 is 4.79 Å². The lowest BCUT2D eigenvalue weighted by atomic mass is 10.1. The van der Waals surface area contributed by atoms with Gasteiger partial charge in [-0.15, -0.1) is 11.3 Å². The van der Waals surface area contributed by atoms with Crippen LogP contribution in [0.15, 0.2) is 29.6 Å². The van der Waals surface area contributed by atoms with Crippen molar-refractivity contribution in [3.8, 4) is 0 Å². The molecule has 0 fully saturated rings. The summed E-state index contributed by atoms with van der Waals surface area (Å²) in [6.07, 6.45) is 1.60. The van der Waals surface area contributed by atoms with Gasteiger partial charge in [0.2, 0.25) is 0 Å². The summed E-state index contributed by atoms with van der Waals surface area (Å²) in [6, 6.07) is 8.23. The summed E-state index contributed by atoms with van der Waals surface area (Å²) in [5, 5.41) is 2.78. The van der Waals surface area contributed by atoms with Gasteiger partial charge in [0.15, 0.2) is 6.29 Å². The van der Waals surface area contributed by atoms with Gasteiger partial charge in [-0.3, -0.25) is 4.79 Å². The monoisotopic (exact) mass is 217 g/mol. The summed E-state index contributed by atoms with van der Waals surface area (Å²) in [7, 11) is 0. The van der Waals surface area contributed by atoms with Gasteiger partial charge in [-0.05, 0) is 18.1 Å². The van der Waals surface area contributed by atoms with Crippen LogP contribution in [0.2, 0.25) is 0 Å². The quantitative estimate of drug-likeness (QED) is 0.740. The average molecular weight is 217 g/mol. The molecule has 3 heteroatoms. The standard InChI is InChI=1S/C12H11NOS/c1-9-4-2-3-5-10(9)6-12-13-11(7-14)8-15-12/h2-5,7-8H,6H2,1H3. The van der Waals surface area contributed by atoms with Crippen molar-refractivity contribution in [1.82, 2.24) is 4.98 Å². The predicted octanol–water partition coefficient (Wildman–Crippen LogP) is 2.85. The molecule has 0 unspecified atom stereocenters. The van der Waals surface area contributed by atoms with E-state index in [2.05, 4.69) is 24.0 Å². The molecule has 0 aliphatic heterocycles. The summed E-state index contributed by atoms with van der Waals surface area (Å²) in [5.74, 6) is 0. The molecule has 0 radical (unpaired) electrons. The molecule has 1 heterocycles. The third kappa shape index (κ3) is 2.30. The van der Waals surface area contributed by atoms with Crippen LogP contribution in [0.1, 0.15) is 26.6 Å². The van der Waals surface area contributed by atoms with Crippen molar-refractivity contribution in [3.63, 3.8) is 0 Å². The number of benzene rings is 1. The zero-order valence-corrected chi connectivity index (χ0v) is 9.25. The van der Waals surface area contributed by atoms with E-state index < -0.39 is 0 Å². The van der Waals surface area contributed by atoms with Gasteiger partial charge < -0.3 is 0 Å². The van der Waals surface area contributed by atoms with Gasteiger partial charge in [0, 0.05) is 11.8 Å². The van der Waals surface area contributed by atoms with Crippen LogP contribution in [-0.4, -0.2) is 11.3 Å². The minimum Gasteiger partial charge on any atom is -0.296 e. The van der Waals surface area contributed by atoms with Gasteiger partial charge in [0.25, 0.3) is 0 Å². The molecule has 0 amide bonds. The van der Waals surface area contributed by atoms with E-state index in [1.54, 1.807) is 5.38 Å². The minimum atomic E-state index is 0.531. The first-order valence-electron chi connectivity index (χ1n) is 4.73. The van der Waals surface area contributed by atoms with Crippen LogP contribution in [0.5, 0.6) is 0 Å². The highest BCUT2D eigenvalue weighted by Crippen LogP contribution is 2.16. The maximum atomic E-state index is 10.5. The van der Waals surface area contributed by atoms with Crippen LogP contribution in [0, 0.1) is 6.92 Å². The second kappa shape index (κ2) is 4.36. The molecule has 0 aliphatic rings. The molecule has 15 heavy (non-hydrogen) atoms. The Labute approximate surface area is 92.6 Å². The van der Waals surface area contributed by atoms with Crippen LogP contribution in [0.3, 0.4) is 0 Å².